The summed E-state index contributed by atoms with van der Waals surface area (Å²) in [6.07, 6.45) is 2.44. The summed E-state index contributed by atoms with van der Waals surface area (Å²) in [4.78, 5) is 7.12. The summed E-state index contributed by atoms with van der Waals surface area (Å²) in [7, 11) is 0. The van der Waals surface area contributed by atoms with Crippen molar-refractivity contribution in [3.8, 4) is 5.75 Å². The van der Waals surface area contributed by atoms with Gasteiger partial charge in [-0.25, -0.2) is 9.37 Å². The van der Waals surface area contributed by atoms with Gasteiger partial charge in [0, 0.05) is 18.5 Å². The van der Waals surface area contributed by atoms with Crippen LogP contribution in [0.3, 0.4) is 0 Å². The third-order valence-corrected chi connectivity index (χ3v) is 4.38. The number of hydrogen-bond donors (Lipinski definition) is 0. The van der Waals surface area contributed by atoms with E-state index < -0.39 is 0 Å². The van der Waals surface area contributed by atoms with Gasteiger partial charge in [-0.15, -0.1) is 0 Å². The van der Waals surface area contributed by atoms with E-state index in [2.05, 4.69) is 17.0 Å². The number of rotatable bonds is 4. The van der Waals surface area contributed by atoms with Crippen molar-refractivity contribution in [2.45, 2.75) is 19.4 Å². The normalized spacial score (nSPS) is 14.3. The number of ether oxygens (including phenoxy) is 1. The van der Waals surface area contributed by atoms with Crippen LogP contribution in [0.15, 0.2) is 54.6 Å². The van der Waals surface area contributed by atoms with Gasteiger partial charge in [-0.05, 0) is 48.7 Å². The summed E-state index contributed by atoms with van der Waals surface area (Å²) in [5.74, 6) is 1.49. The van der Waals surface area contributed by atoms with E-state index in [1.54, 1.807) is 6.07 Å². The molecule has 1 aliphatic rings. The van der Waals surface area contributed by atoms with Crippen LogP contribution in [-0.2, 0) is 6.61 Å². The number of para-hydroxylation sites is 1. The number of fused-ring (bicyclic) bond motifs is 1. The number of pyridine rings is 1. The van der Waals surface area contributed by atoms with Gasteiger partial charge in [-0.1, -0.05) is 24.3 Å². The molecule has 1 aromatic heterocycles. The second-order valence-corrected chi connectivity index (χ2v) is 6.11. The highest BCUT2D eigenvalue weighted by molar-refractivity contribution is 5.86. The van der Waals surface area contributed by atoms with Crippen LogP contribution < -0.4 is 9.64 Å². The maximum Gasteiger partial charge on any atom is 0.146 e. The van der Waals surface area contributed by atoms with Gasteiger partial charge in [0.2, 0.25) is 0 Å². The van der Waals surface area contributed by atoms with E-state index in [0.29, 0.717) is 6.61 Å². The Morgan fingerprint density at radius 1 is 1.00 bits per heavy atom. The van der Waals surface area contributed by atoms with E-state index in [1.165, 1.54) is 25.0 Å². The van der Waals surface area contributed by atoms with Gasteiger partial charge < -0.3 is 9.64 Å². The standard InChI is InChI=1S/C20H19FN2O/c21-17-7-3-5-15(13-17)14-24-18-8-4-6-16-9-10-19(22-20(16)18)23-11-1-2-12-23/h3-10,13H,1-2,11-12,14H2. The predicted molar refractivity (Wildman–Crippen MR) is 93.9 cm³/mol. The molecule has 0 N–H and O–H groups in total. The van der Waals surface area contributed by atoms with Gasteiger partial charge in [0.1, 0.15) is 29.5 Å². The first-order chi connectivity index (χ1) is 11.8. The molecular formula is C20H19FN2O. The van der Waals surface area contributed by atoms with E-state index in [9.17, 15) is 4.39 Å². The molecule has 3 nitrogen and oxygen atoms in total. The van der Waals surface area contributed by atoms with Gasteiger partial charge in [0.05, 0.1) is 0 Å². The van der Waals surface area contributed by atoms with Crippen molar-refractivity contribution in [2.75, 3.05) is 18.0 Å². The average Bonchev–Trinajstić information content (AvgIpc) is 3.14. The molecule has 1 fully saturated rings. The lowest BCUT2D eigenvalue weighted by Crippen LogP contribution is -2.18. The summed E-state index contributed by atoms with van der Waals surface area (Å²) < 4.78 is 19.2. The van der Waals surface area contributed by atoms with Gasteiger partial charge in [0.25, 0.3) is 0 Å². The maximum atomic E-state index is 13.3. The second kappa shape index (κ2) is 6.48. The molecule has 2 heterocycles. The molecule has 4 rings (SSSR count). The Bertz CT molecular complexity index is 859. The first kappa shape index (κ1) is 14.9. The van der Waals surface area contributed by atoms with Crippen molar-refractivity contribution in [2.24, 2.45) is 0 Å². The van der Waals surface area contributed by atoms with E-state index in [4.69, 9.17) is 9.72 Å². The van der Waals surface area contributed by atoms with E-state index in [0.717, 1.165) is 41.1 Å². The SMILES string of the molecule is Fc1cccc(COc2cccc3ccc(N4CCCC4)nc23)c1. The Kier molecular flexibility index (Phi) is 4.03. The Labute approximate surface area is 140 Å². The number of hydrogen-bond acceptors (Lipinski definition) is 3. The average molecular weight is 322 g/mol. The third-order valence-electron chi connectivity index (χ3n) is 4.38. The smallest absolute Gasteiger partial charge is 0.146 e. The lowest BCUT2D eigenvalue weighted by molar-refractivity contribution is 0.309. The van der Waals surface area contributed by atoms with Crippen LogP contribution in [-0.4, -0.2) is 18.1 Å². The van der Waals surface area contributed by atoms with Crippen LogP contribution in [0.2, 0.25) is 0 Å². The first-order valence-corrected chi connectivity index (χ1v) is 8.31. The molecule has 4 heteroatoms. The van der Waals surface area contributed by atoms with Crippen LogP contribution in [0.4, 0.5) is 10.2 Å². The summed E-state index contributed by atoms with van der Waals surface area (Å²) in [5, 5.41) is 1.05. The Balaban J connectivity index is 1.62. The molecule has 0 atom stereocenters. The van der Waals surface area contributed by atoms with Crippen molar-refractivity contribution in [3.63, 3.8) is 0 Å². The Morgan fingerprint density at radius 2 is 1.83 bits per heavy atom. The zero-order valence-corrected chi connectivity index (χ0v) is 13.4. The van der Waals surface area contributed by atoms with Gasteiger partial charge in [-0.2, -0.15) is 0 Å². The van der Waals surface area contributed by atoms with E-state index in [1.807, 2.05) is 24.3 Å². The van der Waals surface area contributed by atoms with Crippen molar-refractivity contribution in [1.82, 2.24) is 4.98 Å². The molecule has 0 spiro atoms. The number of benzene rings is 2. The Morgan fingerprint density at radius 3 is 2.67 bits per heavy atom. The lowest BCUT2D eigenvalue weighted by atomic mass is 10.2. The number of halogens is 1. The Hall–Kier alpha value is -2.62. The molecule has 0 aliphatic carbocycles. The molecule has 3 aromatic rings. The zero-order valence-electron chi connectivity index (χ0n) is 13.4. The van der Waals surface area contributed by atoms with Crippen molar-refractivity contribution in [1.29, 1.82) is 0 Å². The van der Waals surface area contributed by atoms with Crippen LogP contribution in [0.5, 0.6) is 5.75 Å². The second-order valence-electron chi connectivity index (χ2n) is 6.11. The largest absolute Gasteiger partial charge is 0.487 e. The minimum atomic E-state index is -0.247. The van der Waals surface area contributed by atoms with Crippen molar-refractivity contribution in [3.05, 3.63) is 66.0 Å². The van der Waals surface area contributed by atoms with E-state index in [-0.39, 0.29) is 5.82 Å². The van der Waals surface area contributed by atoms with Crippen molar-refractivity contribution < 1.29 is 9.13 Å². The molecule has 0 bridgehead atoms. The minimum absolute atomic E-state index is 0.247. The highest BCUT2D eigenvalue weighted by atomic mass is 19.1. The lowest BCUT2D eigenvalue weighted by Gasteiger charge is -2.17. The molecular weight excluding hydrogens is 303 g/mol. The molecule has 1 saturated heterocycles. The fourth-order valence-electron chi connectivity index (χ4n) is 3.14. The number of anilines is 1. The maximum absolute atomic E-state index is 13.3. The van der Waals surface area contributed by atoms with Gasteiger partial charge in [-0.3, -0.25) is 0 Å². The summed E-state index contributed by atoms with van der Waals surface area (Å²) in [6.45, 7) is 2.45. The van der Waals surface area contributed by atoms with Crippen LogP contribution in [0.25, 0.3) is 10.9 Å². The van der Waals surface area contributed by atoms with E-state index >= 15 is 0 Å². The van der Waals surface area contributed by atoms with Gasteiger partial charge in [0.15, 0.2) is 0 Å². The topological polar surface area (TPSA) is 25.4 Å². The molecule has 0 radical (unpaired) electrons. The fourth-order valence-corrected chi connectivity index (χ4v) is 3.14. The monoisotopic (exact) mass is 322 g/mol. The first-order valence-electron chi connectivity index (χ1n) is 8.31. The molecule has 0 unspecified atom stereocenters. The molecule has 0 amide bonds. The fraction of sp³-hybridized carbons (Fsp3) is 0.250. The number of nitrogens with zero attached hydrogens (tertiary/aromatic N) is 2. The summed E-state index contributed by atoms with van der Waals surface area (Å²) >= 11 is 0. The number of aromatic nitrogens is 1. The van der Waals surface area contributed by atoms with Crippen LogP contribution >= 0.6 is 0 Å². The summed E-state index contributed by atoms with van der Waals surface area (Å²) in [6, 6.07) is 16.6. The highest BCUT2D eigenvalue weighted by Gasteiger charge is 2.14. The molecule has 0 saturated carbocycles. The van der Waals surface area contributed by atoms with Crippen molar-refractivity contribution >= 4 is 16.7 Å². The van der Waals surface area contributed by atoms with Crippen LogP contribution in [0.1, 0.15) is 18.4 Å². The highest BCUT2D eigenvalue weighted by Crippen LogP contribution is 2.28. The molecule has 24 heavy (non-hydrogen) atoms. The molecule has 2 aromatic carbocycles. The zero-order chi connectivity index (χ0) is 16.4. The molecule has 122 valence electrons. The minimum Gasteiger partial charge on any atom is -0.487 e. The third kappa shape index (κ3) is 3.04. The van der Waals surface area contributed by atoms with Gasteiger partial charge >= 0.3 is 0 Å². The van der Waals surface area contributed by atoms with Crippen LogP contribution in [0, 0.1) is 5.82 Å². The summed E-state index contributed by atoms with van der Waals surface area (Å²) in [5.41, 5.74) is 1.67. The predicted octanol–water partition coefficient (Wildman–Crippen LogP) is 4.55. The molecule has 1 aliphatic heterocycles. The quantitative estimate of drug-likeness (QED) is 0.704.